The summed E-state index contributed by atoms with van der Waals surface area (Å²) < 4.78 is 45.0. The monoisotopic (exact) mass is 540 g/mol. The van der Waals surface area contributed by atoms with Crippen LogP contribution in [0.2, 0.25) is 0 Å². The van der Waals surface area contributed by atoms with Crippen LogP contribution in [0.5, 0.6) is 23.0 Å². The molecule has 1 heterocycles. The number of carbonyl (C=O) groups excluding carboxylic acids is 1. The van der Waals surface area contributed by atoms with E-state index in [0.717, 1.165) is 12.1 Å². The zero-order valence-corrected chi connectivity index (χ0v) is 22.0. The zero-order chi connectivity index (χ0) is 27.4. The Hall–Kier alpha value is -4.25. The first kappa shape index (κ1) is 26.8. The minimum Gasteiger partial charge on any atom is -0.478 e. The first-order valence-corrected chi connectivity index (χ1v) is 13.4. The summed E-state index contributed by atoms with van der Waals surface area (Å²) in [4.78, 5) is 26.1. The van der Waals surface area contributed by atoms with Gasteiger partial charge in [-0.05, 0) is 60.5 Å². The first-order valence-electron chi connectivity index (χ1n) is 11.9. The molecular weight excluding hydrogens is 512 g/mol. The number of aryl methyl sites for hydroxylation is 1. The Bertz CT molecular complexity index is 1470. The maximum Gasteiger partial charge on any atom is 0.335 e. The summed E-state index contributed by atoms with van der Waals surface area (Å²) in [6.45, 7) is 1.91. The maximum absolute atomic E-state index is 12.9. The molecule has 0 fully saturated rings. The summed E-state index contributed by atoms with van der Waals surface area (Å²) in [5.74, 6) is -0.528. The minimum absolute atomic E-state index is 0.0404. The Labute approximate surface area is 220 Å². The normalized spacial score (nSPS) is 12.2. The minimum atomic E-state index is -4.10. The molecule has 0 aromatic heterocycles. The van der Waals surface area contributed by atoms with E-state index < -0.39 is 21.9 Å². The quantitative estimate of drug-likeness (QED) is 0.392. The van der Waals surface area contributed by atoms with Crippen LogP contribution in [-0.2, 0) is 27.7 Å². The van der Waals surface area contributed by atoms with E-state index in [0.29, 0.717) is 29.0 Å². The Morgan fingerprint density at radius 2 is 1.76 bits per heavy atom. The van der Waals surface area contributed by atoms with Gasteiger partial charge in [0.2, 0.25) is 18.4 Å². The van der Waals surface area contributed by atoms with Crippen molar-refractivity contribution in [2.75, 3.05) is 25.8 Å². The smallest absolute Gasteiger partial charge is 0.335 e. The molecule has 0 bridgehead atoms. The highest BCUT2D eigenvalue weighted by Crippen LogP contribution is 2.46. The van der Waals surface area contributed by atoms with Crippen molar-refractivity contribution in [3.05, 3.63) is 71.3 Å². The largest absolute Gasteiger partial charge is 0.478 e. The Morgan fingerprint density at radius 3 is 2.42 bits per heavy atom. The molecule has 200 valence electrons. The number of hydrogen-bond acceptors (Lipinski definition) is 8. The van der Waals surface area contributed by atoms with Crippen LogP contribution in [0.3, 0.4) is 0 Å². The summed E-state index contributed by atoms with van der Waals surface area (Å²) in [6.07, 6.45) is 0.982. The molecule has 0 saturated carbocycles. The van der Waals surface area contributed by atoms with Gasteiger partial charge in [0.1, 0.15) is 5.75 Å². The van der Waals surface area contributed by atoms with E-state index in [1.165, 1.54) is 18.2 Å². The number of anilines is 1. The molecule has 1 aliphatic heterocycles. The van der Waals surface area contributed by atoms with Crippen LogP contribution in [0.25, 0.3) is 0 Å². The standard InChI is InChI=1S/C27H28N2O8S/c1-4-5-17-14-19(27(31)32)7-12-22(17)37-25-18(6-13-23-26(25)36-16-35-23)15-24(30)28-38(33,34)21-10-8-20(9-11-21)29(2)3/h6-14H,4-5,15-16H2,1-3H3,(H,28,30)(H,31,32). The van der Waals surface area contributed by atoms with Crippen molar-refractivity contribution in [3.63, 3.8) is 0 Å². The van der Waals surface area contributed by atoms with Crippen molar-refractivity contribution in [1.29, 1.82) is 0 Å². The molecule has 4 rings (SSSR count). The summed E-state index contributed by atoms with van der Waals surface area (Å²) in [6, 6.07) is 13.9. The maximum atomic E-state index is 12.9. The van der Waals surface area contributed by atoms with E-state index in [-0.39, 0.29) is 35.2 Å². The summed E-state index contributed by atoms with van der Waals surface area (Å²) in [5.41, 5.74) is 1.98. The van der Waals surface area contributed by atoms with E-state index in [1.54, 1.807) is 36.4 Å². The second-order valence-electron chi connectivity index (χ2n) is 8.86. The van der Waals surface area contributed by atoms with Crippen molar-refractivity contribution in [1.82, 2.24) is 4.72 Å². The van der Waals surface area contributed by atoms with Crippen molar-refractivity contribution in [3.8, 4) is 23.0 Å². The van der Waals surface area contributed by atoms with E-state index in [4.69, 9.17) is 14.2 Å². The van der Waals surface area contributed by atoms with Crippen LogP contribution in [0, 0.1) is 0 Å². The molecule has 0 unspecified atom stereocenters. The second-order valence-corrected chi connectivity index (χ2v) is 10.5. The van der Waals surface area contributed by atoms with Gasteiger partial charge in [-0.25, -0.2) is 17.9 Å². The molecule has 11 heteroatoms. The summed E-state index contributed by atoms with van der Waals surface area (Å²) in [7, 11) is -0.432. The van der Waals surface area contributed by atoms with E-state index in [2.05, 4.69) is 4.72 Å². The fourth-order valence-electron chi connectivity index (χ4n) is 3.97. The van der Waals surface area contributed by atoms with Crippen LogP contribution in [0.15, 0.2) is 59.5 Å². The van der Waals surface area contributed by atoms with Crippen LogP contribution >= 0.6 is 0 Å². The van der Waals surface area contributed by atoms with Gasteiger partial charge in [-0.2, -0.15) is 0 Å². The van der Waals surface area contributed by atoms with Crippen molar-refractivity contribution in [2.24, 2.45) is 0 Å². The molecule has 10 nitrogen and oxygen atoms in total. The van der Waals surface area contributed by atoms with E-state index >= 15 is 0 Å². The molecule has 0 radical (unpaired) electrons. The zero-order valence-electron chi connectivity index (χ0n) is 21.2. The van der Waals surface area contributed by atoms with Crippen molar-refractivity contribution < 1.29 is 37.3 Å². The molecule has 3 aromatic carbocycles. The third-order valence-corrected chi connectivity index (χ3v) is 7.27. The fraction of sp³-hybridized carbons (Fsp3) is 0.259. The third kappa shape index (κ3) is 5.83. The Kier molecular flexibility index (Phi) is 7.77. The van der Waals surface area contributed by atoms with Gasteiger partial charge in [-0.15, -0.1) is 0 Å². The number of hydrogen-bond donors (Lipinski definition) is 2. The summed E-state index contributed by atoms with van der Waals surface area (Å²) in [5, 5.41) is 9.37. The summed E-state index contributed by atoms with van der Waals surface area (Å²) >= 11 is 0. The van der Waals surface area contributed by atoms with Gasteiger partial charge < -0.3 is 24.2 Å². The predicted octanol–water partition coefficient (Wildman–Crippen LogP) is 3.97. The number of benzene rings is 3. The van der Waals surface area contributed by atoms with Gasteiger partial charge in [0, 0.05) is 25.3 Å². The van der Waals surface area contributed by atoms with Crippen LogP contribution in [0.1, 0.15) is 34.8 Å². The molecule has 0 aliphatic carbocycles. The van der Waals surface area contributed by atoms with Crippen LogP contribution < -0.4 is 23.8 Å². The lowest BCUT2D eigenvalue weighted by atomic mass is 10.0. The number of amides is 1. The molecule has 1 aliphatic rings. The molecule has 2 N–H and O–H groups in total. The lowest BCUT2D eigenvalue weighted by Crippen LogP contribution is -2.31. The van der Waals surface area contributed by atoms with Crippen molar-refractivity contribution >= 4 is 27.6 Å². The highest BCUT2D eigenvalue weighted by atomic mass is 32.2. The number of ether oxygens (including phenoxy) is 3. The average molecular weight is 541 g/mol. The molecule has 1 amide bonds. The van der Waals surface area contributed by atoms with Crippen LogP contribution in [0.4, 0.5) is 5.69 Å². The van der Waals surface area contributed by atoms with Gasteiger partial charge in [0.25, 0.3) is 10.0 Å². The van der Waals surface area contributed by atoms with Crippen LogP contribution in [-0.4, -0.2) is 46.3 Å². The number of carboxylic acids is 1. The van der Waals surface area contributed by atoms with Gasteiger partial charge in [0.05, 0.1) is 16.9 Å². The lowest BCUT2D eigenvalue weighted by molar-refractivity contribution is -0.118. The predicted molar refractivity (Wildman–Crippen MR) is 140 cm³/mol. The third-order valence-electron chi connectivity index (χ3n) is 5.88. The van der Waals surface area contributed by atoms with E-state index in [9.17, 15) is 23.1 Å². The highest BCUT2D eigenvalue weighted by molar-refractivity contribution is 7.90. The number of carbonyl (C=O) groups is 2. The van der Waals surface area contributed by atoms with Gasteiger partial charge >= 0.3 is 5.97 Å². The molecule has 0 spiro atoms. The van der Waals surface area contributed by atoms with Gasteiger partial charge in [0.15, 0.2) is 11.5 Å². The number of fused-ring (bicyclic) bond motifs is 1. The number of sulfonamides is 1. The lowest BCUT2D eigenvalue weighted by Gasteiger charge is -2.17. The Balaban J connectivity index is 1.61. The molecule has 0 atom stereocenters. The fourth-order valence-corrected chi connectivity index (χ4v) is 4.95. The molecular formula is C27H28N2O8S. The molecule has 3 aromatic rings. The number of nitrogens with one attached hydrogen (secondary N) is 1. The number of nitrogens with zero attached hydrogens (tertiary/aromatic N) is 1. The molecule has 0 saturated heterocycles. The number of carboxylic acid groups (broad SMARTS) is 1. The van der Waals surface area contributed by atoms with E-state index in [1.807, 2.05) is 25.9 Å². The number of aromatic carboxylic acids is 1. The highest BCUT2D eigenvalue weighted by Gasteiger charge is 2.26. The number of rotatable bonds is 10. The average Bonchev–Trinajstić information content (AvgIpc) is 3.35. The van der Waals surface area contributed by atoms with Gasteiger partial charge in [-0.1, -0.05) is 19.4 Å². The molecule has 38 heavy (non-hydrogen) atoms. The second kappa shape index (κ2) is 11.0. The van der Waals surface area contributed by atoms with Gasteiger partial charge in [-0.3, -0.25) is 4.79 Å². The Morgan fingerprint density at radius 1 is 1.03 bits per heavy atom. The SMILES string of the molecule is CCCc1cc(C(=O)O)ccc1Oc1c(CC(=O)NS(=O)(=O)c2ccc(N(C)C)cc2)ccc2c1OCO2. The topological polar surface area (TPSA) is 131 Å². The first-order chi connectivity index (χ1) is 18.1. The van der Waals surface area contributed by atoms with Crippen molar-refractivity contribution in [2.45, 2.75) is 31.1 Å².